The van der Waals surface area contributed by atoms with E-state index in [1.807, 2.05) is 60.7 Å². The van der Waals surface area contributed by atoms with E-state index in [1.165, 1.54) is 5.56 Å². The summed E-state index contributed by atoms with van der Waals surface area (Å²) in [6, 6.07) is 21.9. The molecule has 1 fully saturated rings. The Bertz CT molecular complexity index is 1100. The molecule has 0 bridgehead atoms. The number of carbonyl (C=O) groups excluding carboxylic acids is 1. The zero-order valence-electron chi connectivity index (χ0n) is 20.3. The molecule has 0 aliphatic carbocycles. The van der Waals surface area contributed by atoms with Crippen LogP contribution in [0.5, 0.6) is 5.75 Å². The smallest absolute Gasteiger partial charge is 0.255 e. The monoisotopic (exact) mass is 458 g/mol. The Hall–Kier alpha value is -3.15. The number of benzene rings is 3. The summed E-state index contributed by atoms with van der Waals surface area (Å²) in [5.41, 5.74) is 5.52. The summed E-state index contributed by atoms with van der Waals surface area (Å²) in [5, 5.41) is 12.3. The molecule has 1 saturated heterocycles. The van der Waals surface area contributed by atoms with Crippen LogP contribution < -0.4 is 10.1 Å². The summed E-state index contributed by atoms with van der Waals surface area (Å²) in [5.74, 6) is 1.18. The summed E-state index contributed by atoms with van der Waals surface area (Å²) in [6.07, 6.45) is 2.18. The molecule has 0 saturated carbocycles. The Morgan fingerprint density at radius 2 is 1.62 bits per heavy atom. The summed E-state index contributed by atoms with van der Waals surface area (Å²) in [6.45, 7) is 6.69. The number of rotatable bonds is 7. The molecule has 1 aliphatic rings. The lowest BCUT2D eigenvalue weighted by Crippen LogP contribution is -2.37. The van der Waals surface area contributed by atoms with Gasteiger partial charge in [-0.1, -0.05) is 36.4 Å². The molecule has 4 rings (SSSR count). The van der Waals surface area contributed by atoms with E-state index in [-0.39, 0.29) is 12.5 Å². The van der Waals surface area contributed by atoms with Crippen molar-refractivity contribution in [3.8, 4) is 16.9 Å². The third kappa shape index (κ3) is 5.49. The fourth-order valence-corrected chi connectivity index (χ4v) is 4.68. The van der Waals surface area contributed by atoms with E-state index in [9.17, 15) is 9.90 Å². The average molecular weight is 459 g/mol. The minimum Gasteiger partial charge on any atom is -0.496 e. The molecule has 3 aromatic carbocycles. The van der Waals surface area contributed by atoms with Crippen molar-refractivity contribution in [1.29, 1.82) is 0 Å². The van der Waals surface area contributed by atoms with Gasteiger partial charge in [0, 0.05) is 17.3 Å². The molecule has 1 aliphatic heterocycles. The predicted octanol–water partition coefficient (Wildman–Crippen LogP) is 5.69. The van der Waals surface area contributed by atoms with E-state index in [1.54, 1.807) is 7.11 Å². The van der Waals surface area contributed by atoms with Crippen molar-refractivity contribution in [3.05, 3.63) is 83.4 Å². The molecule has 1 heterocycles. The fraction of sp³-hybridized carbons (Fsp3) is 0.345. The summed E-state index contributed by atoms with van der Waals surface area (Å²) >= 11 is 0. The third-order valence-corrected chi connectivity index (χ3v) is 6.80. The molecule has 0 radical (unpaired) electrons. The van der Waals surface area contributed by atoms with Gasteiger partial charge in [-0.15, -0.1) is 0 Å². The Morgan fingerprint density at radius 1 is 1.00 bits per heavy atom. The number of likely N-dealkylation sites (tertiary alicyclic amines) is 1. The molecule has 5 heteroatoms. The number of hydrogen-bond acceptors (Lipinski definition) is 4. The number of nitrogens with zero attached hydrogens (tertiary/aromatic N) is 1. The SMILES string of the molecule is COc1ccc(NC(=O)c2ccc(-c3ccc(CO)cc3)cc2)cc1C1CCN(C(C)C)CC1. The van der Waals surface area contributed by atoms with Crippen LogP contribution in [0.1, 0.15) is 54.1 Å². The number of amides is 1. The zero-order valence-corrected chi connectivity index (χ0v) is 20.3. The second-order valence-corrected chi connectivity index (χ2v) is 9.25. The van der Waals surface area contributed by atoms with Gasteiger partial charge in [-0.2, -0.15) is 0 Å². The van der Waals surface area contributed by atoms with E-state index in [0.717, 1.165) is 54.1 Å². The number of aliphatic hydroxyl groups is 1. The predicted molar refractivity (Wildman–Crippen MR) is 137 cm³/mol. The minimum absolute atomic E-state index is 0.0313. The molecule has 178 valence electrons. The standard InChI is InChI=1S/C29H34N2O3/c1-20(2)31-16-14-24(15-17-31)27-18-26(12-13-28(27)34-3)30-29(33)25-10-8-23(9-11-25)22-6-4-21(19-32)5-7-22/h4-13,18,20,24,32H,14-17,19H2,1-3H3,(H,30,33). The molecular weight excluding hydrogens is 424 g/mol. The number of carbonyl (C=O) groups is 1. The van der Waals surface area contributed by atoms with Crippen LogP contribution in [0.15, 0.2) is 66.7 Å². The topological polar surface area (TPSA) is 61.8 Å². The van der Waals surface area contributed by atoms with Crippen molar-refractivity contribution in [2.45, 2.75) is 45.3 Å². The van der Waals surface area contributed by atoms with Crippen LogP contribution in [-0.2, 0) is 6.61 Å². The van der Waals surface area contributed by atoms with Crippen molar-refractivity contribution < 1.29 is 14.6 Å². The van der Waals surface area contributed by atoms with E-state index < -0.39 is 0 Å². The van der Waals surface area contributed by atoms with Crippen molar-refractivity contribution in [2.24, 2.45) is 0 Å². The summed E-state index contributed by atoms with van der Waals surface area (Å²) < 4.78 is 5.65. The van der Waals surface area contributed by atoms with Crippen LogP contribution in [0, 0.1) is 0 Å². The number of methoxy groups -OCH3 is 1. The first kappa shape index (κ1) is 24.0. The molecule has 2 N–H and O–H groups in total. The highest BCUT2D eigenvalue weighted by Crippen LogP contribution is 2.36. The van der Waals surface area contributed by atoms with Crippen molar-refractivity contribution in [2.75, 3.05) is 25.5 Å². The van der Waals surface area contributed by atoms with Crippen LogP contribution in [-0.4, -0.2) is 42.2 Å². The van der Waals surface area contributed by atoms with E-state index in [2.05, 4.69) is 30.1 Å². The minimum atomic E-state index is -0.132. The highest BCUT2D eigenvalue weighted by molar-refractivity contribution is 6.04. The Morgan fingerprint density at radius 3 is 2.18 bits per heavy atom. The van der Waals surface area contributed by atoms with Gasteiger partial charge in [0.05, 0.1) is 13.7 Å². The molecule has 0 unspecified atom stereocenters. The second kappa shape index (κ2) is 10.9. The number of hydrogen-bond donors (Lipinski definition) is 2. The van der Waals surface area contributed by atoms with Gasteiger partial charge in [-0.25, -0.2) is 0 Å². The van der Waals surface area contributed by atoms with Crippen molar-refractivity contribution in [1.82, 2.24) is 4.90 Å². The first-order valence-electron chi connectivity index (χ1n) is 12.0. The largest absolute Gasteiger partial charge is 0.496 e. The lowest BCUT2D eigenvalue weighted by atomic mass is 9.88. The maximum atomic E-state index is 12.9. The lowest BCUT2D eigenvalue weighted by molar-refractivity contribution is 0.102. The van der Waals surface area contributed by atoms with Crippen LogP contribution in [0.4, 0.5) is 5.69 Å². The molecule has 5 nitrogen and oxygen atoms in total. The van der Waals surface area contributed by atoms with Crippen molar-refractivity contribution in [3.63, 3.8) is 0 Å². The highest BCUT2D eigenvalue weighted by Gasteiger charge is 2.24. The quantitative estimate of drug-likeness (QED) is 0.477. The van der Waals surface area contributed by atoms with Crippen LogP contribution in [0.2, 0.25) is 0 Å². The van der Waals surface area contributed by atoms with E-state index in [0.29, 0.717) is 17.5 Å². The highest BCUT2D eigenvalue weighted by atomic mass is 16.5. The first-order chi connectivity index (χ1) is 16.5. The first-order valence-corrected chi connectivity index (χ1v) is 12.0. The van der Waals surface area contributed by atoms with Crippen LogP contribution >= 0.6 is 0 Å². The summed E-state index contributed by atoms with van der Waals surface area (Å²) in [4.78, 5) is 15.4. The van der Waals surface area contributed by atoms with E-state index >= 15 is 0 Å². The maximum absolute atomic E-state index is 12.9. The van der Waals surface area contributed by atoms with Gasteiger partial charge in [0.1, 0.15) is 5.75 Å². The molecule has 0 atom stereocenters. The normalized spacial score (nSPS) is 14.9. The van der Waals surface area contributed by atoms with Gasteiger partial charge in [-0.3, -0.25) is 4.79 Å². The third-order valence-electron chi connectivity index (χ3n) is 6.80. The van der Waals surface area contributed by atoms with Crippen LogP contribution in [0.3, 0.4) is 0 Å². The zero-order chi connectivity index (χ0) is 24.1. The van der Waals surface area contributed by atoms with Gasteiger partial charge >= 0.3 is 0 Å². The van der Waals surface area contributed by atoms with E-state index in [4.69, 9.17) is 4.74 Å². The van der Waals surface area contributed by atoms with Gasteiger partial charge < -0.3 is 20.1 Å². The molecule has 3 aromatic rings. The Balaban J connectivity index is 1.46. The number of anilines is 1. The molecule has 1 amide bonds. The fourth-order valence-electron chi connectivity index (χ4n) is 4.68. The number of nitrogens with one attached hydrogen (secondary N) is 1. The molecular formula is C29H34N2O3. The van der Waals surface area contributed by atoms with Crippen molar-refractivity contribution >= 4 is 11.6 Å². The average Bonchev–Trinajstić information content (AvgIpc) is 2.89. The number of ether oxygens (including phenoxy) is 1. The van der Waals surface area contributed by atoms with Gasteiger partial charge in [-0.05, 0) is 98.3 Å². The number of aliphatic hydroxyl groups excluding tert-OH is 1. The summed E-state index contributed by atoms with van der Waals surface area (Å²) in [7, 11) is 1.71. The van der Waals surface area contributed by atoms with Gasteiger partial charge in [0.2, 0.25) is 0 Å². The van der Waals surface area contributed by atoms with Gasteiger partial charge in [0.25, 0.3) is 5.91 Å². The second-order valence-electron chi connectivity index (χ2n) is 9.25. The number of piperidine rings is 1. The molecule has 34 heavy (non-hydrogen) atoms. The Labute approximate surface area is 202 Å². The lowest BCUT2D eigenvalue weighted by Gasteiger charge is -2.35. The molecule has 0 spiro atoms. The maximum Gasteiger partial charge on any atom is 0.255 e. The molecule has 0 aromatic heterocycles. The van der Waals surface area contributed by atoms with Gasteiger partial charge in [0.15, 0.2) is 0 Å². The van der Waals surface area contributed by atoms with Crippen LogP contribution in [0.25, 0.3) is 11.1 Å². The Kier molecular flexibility index (Phi) is 7.66.